The maximum absolute atomic E-state index is 13.3. The fourth-order valence-corrected chi connectivity index (χ4v) is 2.34. The van der Waals surface area contributed by atoms with Gasteiger partial charge >= 0.3 is 19.2 Å². The van der Waals surface area contributed by atoms with Gasteiger partial charge in [0.25, 0.3) is 0 Å². The predicted molar refractivity (Wildman–Crippen MR) is 57.0 cm³/mol. The molecular formula is C8H6BrF2O5P. The molecule has 9 heteroatoms. The Morgan fingerprint density at radius 1 is 1.35 bits per heavy atom. The molecule has 0 heterocycles. The molecule has 94 valence electrons. The van der Waals surface area contributed by atoms with E-state index in [9.17, 15) is 18.1 Å². The van der Waals surface area contributed by atoms with Gasteiger partial charge in [-0.05, 0) is 12.1 Å². The molecule has 0 aliphatic rings. The summed E-state index contributed by atoms with van der Waals surface area (Å²) < 4.78 is 36.9. The van der Waals surface area contributed by atoms with E-state index in [0.717, 1.165) is 12.1 Å². The van der Waals surface area contributed by atoms with Crippen LogP contribution in [-0.4, -0.2) is 20.9 Å². The van der Waals surface area contributed by atoms with Gasteiger partial charge in [-0.3, -0.25) is 4.57 Å². The van der Waals surface area contributed by atoms with Gasteiger partial charge in [0.15, 0.2) is 0 Å². The molecule has 0 saturated heterocycles. The van der Waals surface area contributed by atoms with Gasteiger partial charge in [-0.15, -0.1) is 0 Å². The molecule has 0 aliphatic carbocycles. The summed E-state index contributed by atoms with van der Waals surface area (Å²) in [6.07, 6.45) is 0. The first-order chi connectivity index (χ1) is 7.57. The second-order valence-electron chi connectivity index (χ2n) is 3.09. The van der Waals surface area contributed by atoms with Gasteiger partial charge in [0.1, 0.15) is 0 Å². The normalized spacial score (nSPS) is 12.5. The molecule has 0 amide bonds. The van der Waals surface area contributed by atoms with E-state index in [2.05, 4.69) is 15.9 Å². The highest BCUT2D eigenvalue weighted by Crippen LogP contribution is 2.60. The van der Waals surface area contributed by atoms with Crippen LogP contribution in [0.3, 0.4) is 0 Å². The van der Waals surface area contributed by atoms with Gasteiger partial charge in [-0.25, -0.2) is 4.79 Å². The molecule has 1 rings (SSSR count). The molecule has 5 nitrogen and oxygen atoms in total. The minimum atomic E-state index is -5.67. The van der Waals surface area contributed by atoms with Crippen LogP contribution in [0, 0.1) is 0 Å². The summed E-state index contributed by atoms with van der Waals surface area (Å²) in [5.41, 5.74) is -5.61. The van der Waals surface area contributed by atoms with Crippen molar-refractivity contribution in [3.05, 3.63) is 33.8 Å². The van der Waals surface area contributed by atoms with Crippen LogP contribution in [0.15, 0.2) is 22.7 Å². The fraction of sp³-hybridized carbons (Fsp3) is 0.125. The van der Waals surface area contributed by atoms with Crippen LogP contribution in [0.4, 0.5) is 8.78 Å². The molecule has 0 atom stereocenters. The Hall–Kier alpha value is -0.820. The van der Waals surface area contributed by atoms with Crippen molar-refractivity contribution >= 4 is 29.5 Å². The molecule has 0 aromatic heterocycles. The van der Waals surface area contributed by atoms with Crippen LogP contribution >= 0.6 is 23.5 Å². The number of rotatable bonds is 3. The van der Waals surface area contributed by atoms with Gasteiger partial charge in [-0.1, -0.05) is 22.0 Å². The number of alkyl halides is 2. The molecule has 0 unspecified atom stereocenters. The van der Waals surface area contributed by atoms with Crippen molar-refractivity contribution in [3.63, 3.8) is 0 Å². The lowest BCUT2D eigenvalue weighted by molar-refractivity contribution is 0.0555. The zero-order chi connectivity index (χ0) is 13.4. The third kappa shape index (κ3) is 2.71. The molecule has 0 spiro atoms. The first-order valence-electron chi connectivity index (χ1n) is 4.04. The van der Waals surface area contributed by atoms with E-state index in [0.29, 0.717) is 6.07 Å². The Morgan fingerprint density at radius 2 is 1.88 bits per heavy atom. The average Bonchev–Trinajstić information content (AvgIpc) is 2.15. The van der Waals surface area contributed by atoms with E-state index >= 15 is 0 Å². The summed E-state index contributed by atoms with van der Waals surface area (Å²) in [6.45, 7) is 0. The number of carbonyl (C=O) groups is 1. The number of halogens is 3. The minimum Gasteiger partial charge on any atom is -0.478 e. The third-order valence-electron chi connectivity index (χ3n) is 1.91. The lowest BCUT2D eigenvalue weighted by Gasteiger charge is -2.19. The van der Waals surface area contributed by atoms with E-state index in [-0.39, 0.29) is 10.0 Å². The van der Waals surface area contributed by atoms with E-state index in [1.54, 1.807) is 0 Å². The van der Waals surface area contributed by atoms with E-state index in [4.69, 9.17) is 14.9 Å². The van der Waals surface area contributed by atoms with Gasteiger partial charge in [0.05, 0.1) is 5.56 Å². The highest BCUT2D eigenvalue weighted by Gasteiger charge is 2.51. The second-order valence-corrected chi connectivity index (χ2v) is 5.59. The highest BCUT2D eigenvalue weighted by molar-refractivity contribution is 9.10. The monoisotopic (exact) mass is 330 g/mol. The molecule has 3 N–H and O–H groups in total. The number of hydrogen-bond donors (Lipinski definition) is 3. The maximum Gasteiger partial charge on any atom is 0.399 e. The van der Waals surface area contributed by atoms with Gasteiger partial charge < -0.3 is 14.9 Å². The van der Waals surface area contributed by atoms with Crippen LogP contribution in [0.1, 0.15) is 15.9 Å². The Labute approximate surface area is 102 Å². The summed E-state index contributed by atoms with van der Waals surface area (Å²) in [6, 6.07) is 2.35. The van der Waals surface area contributed by atoms with Crippen molar-refractivity contribution in [2.45, 2.75) is 5.66 Å². The SMILES string of the molecule is O=C(O)c1ccc(C(F)(F)P(=O)(O)O)c(Br)c1. The van der Waals surface area contributed by atoms with Crippen LogP contribution < -0.4 is 0 Å². The van der Waals surface area contributed by atoms with Crippen LogP contribution in [0.25, 0.3) is 0 Å². The third-order valence-corrected chi connectivity index (χ3v) is 3.53. The lowest BCUT2D eigenvalue weighted by atomic mass is 10.1. The fourth-order valence-electron chi connectivity index (χ4n) is 1.05. The minimum absolute atomic E-state index is 0.276. The molecular weight excluding hydrogens is 325 g/mol. The molecule has 1 aromatic rings. The zero-order valence-corrected chi connectivity index (χ0v) is 10.5. The summed E-state index contributed by atoms with van der Waals surface area (Å²) in [5.74, 6) is -1.34. The Bertz CT molecular complexity index is 513. The van der Waals surface area contributed by atoms with Crippen LogP contribution in [0.5, 0.6) is 0 Å². The van der Waals surface area contributed by atoms with Gasteiger partial charge in [-0.2, -0.15) is 8.78 Å². The Balaban J connectivity index is 3.35. The molecule has 0 fully saturated rings. The van der Waals surface area contributed by atoms with Crippen molar-refractivity contribution in [2.75, 3.05) is 0 Å². The van der Waals surface area contributed by atoms with Crippen molar-refractivity contribution in [3.8, 4) is 0 Å². The molecule has 0 bridgehead atoms. The highest BCUT2D eigenvalue weighted by atomic mass is 79.9. The number of benzene rings is 1. The second kappa shape index (κ2) is 4.45. The van der Waals surface area contributed by atoms with Crippen molar-refractivity contribution in [1.29, 1.82) is 0 Å². The number of carboxylic acid groups (broad SMARTS) is 1. The molecule has 17 heavy (non-hydrogen) atoms. The van der Waals surface area contributed by atoms with Crippen LogP contribution in [0.2, 0.25) is 0 Å². The summed E-state index contributed by atoms with van der Waals surface area (Å²) in [5, 5.41) is 8.60. The average molecular weight is 331 g/mol. The van der Waals surface area contributed by atoms with Crippen molar-refractivity contribution in [2.24, 2.45) is 0 Å². The van der Waals surface area contributed by atoms with Crippen molar-refractivity contribution in [1.82, 2.24) is 0 Å². The van der Waals surface area contributed by atoms with E-state index < -0.39 is 24.8 Å². The zero-order valence-electron chi connectivity index (χ0n) is 7.97. The number of aromatic carboxylic acids is 1. The lowest BCUT2D eigenvalue weighted by Crippen LogP contribution is -2.15. The molecule has 0 aliphatic heterocycles. The molecule has 1 aromatic carbocycles. The first kappa shape index (κ1) is 14.2. The predicted octanol–water partition coefficient (Wildman–Crippen LogP) is 2.37. The smallest absolute Gasteiger partial charge is 0.399 e. The van der Waals surface area contributed by atoms with E-state index in [1.807, 2.05) is 0 Å². The Kier molecular flexibility index (Phi) is 3.73. The quantitative estimate of drug-likeness (QED) is 0.739. The van der Waals surface area contributed by atoms with Crippen molar-refractivity contribution < 1.29 is 33.0 Å². The summed E-state index contributed by atoms with van der Waals surface area (Å²) in [7, 11) is -5.67. The molecule has 0 radical (unpaired) electrons. The number of carboxylic acids is 1. The standard InChI is InChI=1S/C8H6BrF2O5P/c9-6-3-4(7(12)13)1-2-5(6)8(10,11)17(14,15)16/h1-3H,(H,12,13)(H2,14,15,16). The van der Waals surface area contributed by atoms with Gasteiger partial charge in [0.2, 0.25) is 0 Å². The van der Waals surface area contributed by atoms with E-state index in [1.165, 1.54) is 0 Å². The topological polar surface area (TPSA) is 94.8 Å². The Morgan fingerprint density at radius 3 is 2.24 bits per heavy atom. The van der Waals surface area contributed by atoms with Crippen LogP contribution in [-0.2, 0) is 10.2 Å². The first-order valence-corrected chi connectivity index (χ1v) is 6.44. The number of hydrogen-bond acceptors (Lipinski definition) is 2. The molecule has 0 saturated carbocycles. The largest absolute Gasteiger partial charge is 0.478 e. The summed E-state index contributed by atoms with van der Waals surface area (Å²) in [4.78, 5) is 27.6. The summed E-state index contributed by atoms with van der Waals surface area (Å²) >= 11 is 2.66. The maximum atomic E-state index is 13.3. The van der Waals surface area contributed by atoms with Gasteiger partial charge in [0, 0.05) is 10.0 Å².